The molecule has 2 nitrogen and oxygen atoms in total. The van der Waals surface area contributed by atoms with Crippen LogP contribution in [0, 0.1) is 0 Å². The van der Waals surface area contributed by atoms with Crippen molar-refractivity contribution in [3.63, 3.8) is 0 Å². The van der Waals surface area contributed by atoms with Crippen LogP contribution in [-0.4, -0.2) is 4.98 Å². The second-order valence-electron chi connectivity index (χ2n) is 3.23. The first-order valence-electron chi connectivity index (χ1n) is 4.38. The van der Waals surface area contributed by atoms with E-state index in [1.54, 1.807) is 0 Å². The third kappa shape index (κ3) is 1.48. The molecule has 4 heteroatoms. The molecule has 0 amide bonds. The molecule has 2 aromatic heterocycles. The number of hydrogen-bond donors (Lipinski definition) is 0. The van der Waals surface area contributed by atoms with Gasteiger partial charge in [-0.25, -0.2) is 4.98 Å². The highest BCUT2D eigenvalue weighted by molar-refractivity contribution is 9.10. The predicted octanol–water partition coefficient (Wildman–Crippen LogP) is 4.51. The summed E-state index contributed by atoms with van der Waals surface area (Å²) in [5.41, 5.74) is 1.52. The highest BCUT2D eigenvalue weighted by Crippen LogP contribution is 2.30. The topological polar surface area (TPSA) is 26.0 Å². The number of halogens is 2. The van der Waals surface area contributed by atoms with Gasteiger partial charge < -0.3 is 4.42 Å². The standard InChI is InChI=1S/C11H5Br2NO/c12-6-1-2-7-8-3-4-10(13)14-11(8)15-9(7)5-6/h1-5H. The molecule has 2 heterocycles. The van der Waals surface area contributed by atoms with Crippen molar-refractivity contribution in [2.45, 2.75) is 0 Å². The Labute approximate surface area is 103 Å². The number of rotatable bonds is 0. The monoisotopic (exact) mass is 325 g/mol. The number of hydrogen-bond acceptors (Lipinski definition) is 2. The summed E-state index contributed by atoms with van der Waals surface area (Å²) in [6.45, 7) is 0. The van der Waals surface area contributed by atoms with Crippen molar-refractivity contribution in [1.29, 1.82) is 0 Å². The van der Waals surface area contributed by atoms with E-state index in [1.165, 1.54) is 0 Å². The van der Waals surface area contributed by atoms with Gasteiger partial charge in [-0.1, -0.05) is 15.9 Å². The molecule has 74 valence electrons. The fourth-order valence-corrected chi connectivity index (χ4v) is 2.24. The average molecular weight is 327 g/mol. The quantitative estimate of drug-likeness (QED) is 0.568. The van der Waals surface area contributed by atoms with Gasteiger partial charge in [-0.15, -0.1) is 0 Å². The largest absolute Gasteiger partial charge is 0.438 e. The fourth-order valence-electron chi connectivity index (χ4n) is 1.61. The number of furan rings is 1. The second-order valence-corrected chi connectivity index (χ2v) is 4.96. The fraction of sp³-hybridized carbons (Fsp3) is 0. The first-order chi connectivity index (χ1) is 7.24. The first-order valence-corrected chi connectivity index (χ1v) is 5.97. The summed E-state index contributed by atoms with van der Waals surface area (Å²) in [6, 6.07) is 9.90. The van der Waals surface area contributed by atoms with Crippen LogP contribution in [0.5, 0.6) is 0 Å². The minimum atomic E-state index is 0.664. The van der Waals surface area contributed by atoms with Crippen LogP contribution in [-0.2, 0) is 0 Å². The molecule has 0 fully saturated rings. The lowest BCUT2D eigenvalue weighted by Crippen LogP contribution is -1.73. The minimum Gasteiger partial charge on any atom is -0.438 e. The number of benzene rings is 1. The van der Waals surface area contributed by atoms with Crippen LogP contribution in [0.2, 0.25) is 0 Å². The molecule has 0 N–H and O–H groups in total. The molecule has 0 aliphatic carbocycles. The van der Waals surface area contributed by atoms with Gasteiger partial charge in [0, 0.05) is 15.2 Å². The summed E-state index contributed by atoms with van der Waals surface area (Å²) in [5, 5.41) is 2.13. The zero-order chi connectivity index (χ0) is 10.4. The Kier molecular flexibility index (Phi) is 2.07. The molecule has 0 saturated carbocycles. The third-order valence-corrected chi connectivity index (χ3v) is 3.20. The average Bonchev–Trinajstić information content (AvgIpc) is 2.53. The van der Waals surface area contributed by atoms with Crippen molar-refractivity contribution in [3.05, 3.63) is 39.4 Å². The molecule has 3 rings (SSSR count). The molecule has 0 saturated heterocycles. The van der Waals surface area contributed by atoms with Gasteiger partial charge in [0.2, 0.25) is 5.71 Å². The number of fused-ring (bicyclic) bond motifs is 3. The molecule has 0 unspecified atom stereocenters. The second kappa shape index (κ2) is 3.32. The molecular formula is C11H5Br2NO. The zero-order valence-electron chi connectivity index (χ0n) is 7.50. The Hall–Kier alpha value is -0.870. The van der Waals surface area contributed by atoms with E-state index in [4.69, 9.17) is 4.42 Å². The lowest BCUT2D eigenvalue weighted by molar-refractivity contribution is 0.653. The Bertz CT molecular complexity index is 604. The first kappa shape index (κ1) is 9.36. The van der Waals surface area contributed by atoms with E-state index in [0.29, 0.717) is 5.71 Å². The third-order valence-electron chi connectivity index (χ3n) is 2.27. The van der Waals surface area contributed by atoms with Crippen molar-refractivity contribution in [2.24, 2.45) is 0 Å². The van der Waals surface area contributed by atoms with Crippen LogP contribution in [0.3, 0.4) is 0 Å². The van der Waals surface area contributed by atoms with Gasteiger partial charge in [0.1, 0.15) is 10.2 Å². The molecule has 0 atom stereocenters. The normalized spacial score (nSPS) is 11.3. The van der Waals surface area contributed by atoms with Gasteiger partial charge in [0.15, 0.2) is 0 Å². The van der Waals surface area contributed by atoms with E-state index in [0.717, 1.165) is 25.4 Å². The van der Waals surface area contributed by atoms with Crippen molar-refractivity contribution in [2.75, 3.05) is 0 Å². The maximum absolute atomic E-state index is 5.64. The summed E-state index contributed by atoms with van der Waals surface area (Å²) in [7, 11) is 0. The number of nitrogens with zero attached hydrogens (tertiary/aromatic N) is 1. The van der Waals surface area contributed by atoms with Gasteiger partial charge in [0.05, 0.1) is 0 Å². The summed E-state index contributed by atoms with van der Waals surface area (Å²) in [5.74, 6) is 0. The zero-order valence-corrected chi connectivity index (χ0v) is 10.7. The molecule has 0 aliphatic rings. The smallest absolute Gasteiger partial charge is 0.228 e. The van der Waals surface area contributed by atoms with Crippen molar-refractivity contribution in [1.82, 2.24) is 4.98 Å². The molecule has 0 radical (unpaired) electrons. The highest BCUT2D eigenvalue weighted by Gasteiger charge is 2.07. The minimum absolute atomic E-state index is 0.664. The van der Waals surface area contributed by atoms with Gasteiger partial charge in [0.25, 0.3) is 0 Å². The van der Waals surface area contributed by atoms with Crippen LogP contribution in [0.4, 0.5) is 0 Å². The molecule has 15 heavy (non-hydrogen) atoms. The Balaban J connectivity index is 2.51. The molecule has 0 spiro atoms. The van der Waals surface area contributed by atoms with E-state index in [1.807, 2.05) is 30.3 Å². The van der Waals surface area contributed by atoms with Crippen molar-refractivity contribution >= 4 is 53.9 Å². The van der Waals surface area contributed by atoms with Gasteiger partial charge in [-0.05, 0) is 46.3 Å². The van der Waals surface area contributed by atoms with Crippen molar-refractivity contribution < 1.29 is 4.42 Å². The number of pyridine rings is 1. The Morgan fingerprint density at radius 1 is 1.00 bits per heavy atom. The van der Waals surface area contributed by atoms with E-state index in [9.17, 15) is 0 Å². The highest BCUT2D eigenvalue weighted by atomic mass is 79.9. The van der Waals surface area contributed by atoms with Crippen LogP contribution in [0.15, 0.2) is 43.8 Å². The molecular weight excluding hydrogens is 322 g/mol. The van der Waals surface area contributed by atoms with Crippen LogP contribution < -0.4 is 0 Å². The maximum atomic E-state index is 5.64. The Morgan fingerprint density at radius 3 is 2.67 bits per heavy atom. The molecule has 0 bridgehead atoms. The summed E-state index contributed by atoms with van der Waals surface area (Å²) in [6.07, 6.45) is 0. The maximum Gasteiger partial charge on any atom is 0.228 e. The van der Waals surface area contributed by atoms with Gasteiger partial charge in [-0.3, -0.25) is 0 Å². The Morgan fingerprint density at radius 2 is 1.80 bits per heavy atom. The van der Waals surface area contributed by atoms with Crippen LogP contribution in [0.1, 0.15) is 0 Å². The van der Waals surface area contributed by atoms with E-state index < -0.39 is 0 Å². The summed E-state index contributed by atoms with van der Waals surface area (Å²) in [4.78, 5) is 4.28. The summed E-state index contributed by atoms with van der Waals surface area (Å²) >= 11 is 6.74. The lowest BCUT2D eigenvalue weighted by Gasteiger charge is -1.89. The van der Waals surface area contributed by atoms with Crippen molar-refractivity contribution in [3.8, 4) is 0 Å². The summed E-state index contributed by atoms with van der Waals surface area (Å²) < 4.78 is 7.44. The van der Waals surface area contributed by atoms with E-state index >= 15 is 0 Å². The van der Waals surface area contributed by atoms with E-state index in [2.05, 4.69) is 36.8 Å². The van der Waals surface area contributed by atoms with Gasteiger partial charge >= 0.3 is 0 Å². The van der Waals surface area contributed by atoms with E-state index in [-0.39, 0.29) is 0 Å². The molecule has 1 aromatic carbocycles. The SMILES string of the molecule is Brc1ccc2c(c1)oc1nc(Br)ccc12. The van der Waals surface area contributed by atoms with Crippen LogP contribution >= 0.6 is 31.9 Å². The number of aromatic nitrogens is 1. The lowest BCUT2D eigenvalue weighted by atomic mass is 10.2. The van der Waals surface area contributed by atoms with Crippen LogP contribution in [0.25, 0.3) is 22.1 Å². The predicted molar refractivity (Wildman–Crippen MR) is 66.9 cm³/mol. The van der Waals surface area contributed by atoms with Gasteiger partial charge in [-0.2, -0.15) is 0 Å². The molecule has 3 aromatic rings. The molecule has 0 aliphatic heterocycles.